The third kappa shape index (κ3) is 5.34. The number of fused-ring (bicyclic) bond motifs is 1. The summed E-state index contributed by atoms with van der Waals surface area (Å²) < 4.78 is 5.51. The summed E-state index contributed by atoms with van der Waals surface area (Å²) in [6, 6.07) is 0. The highest BCUT2D eigenvalue weighted by Gasteiger charge is 2.60. The van der Waals surface area contributed by atoms with Gasteiger partial charge >= 0.3 is 5.97 Å². The number of carbonyl (C=O) groups excluding carboxylic acids is 1. The van der Waals surface area contributed by atoms with Crippen molar-refractivity contribution in [1.82, 2.24) is 0 Å². The van der Waals surface area contributed by atoms with Crippen LogP contribution in [0.4, 0.5) is 0 Å². The molecule has 1 N–H and O–H groups in total. The van der Waals surface area contributed by atoms with Gasteiger partial charge in [-0.05, 0) is 125 Å². The molecule has 0 aromatic heterocycles. The van der Waals surface area contributed by atoms with Gasteiger partial charge in [0.2, 0.25) is 0 Å². The van der Waals surface area contributed by atoms with Gasteiger partial charge in [0.25, 0.3) is 0 Å². The lowest BCUT2D eigenvalue weighted by Crippen LogP contribution is -2.37. The second-order valence-electron chi connectivity index (χ2n) is 12.5. The van der Waals surface area contributed by atoms with Crippen molar-refractivity contribution in [2.24, 2.45) is 22.7 Å². The molecule has 33 heavy (non-hydrogen) atoms. The van der Waals surface area contributed by atoms with E-state index in [1.165, 1.54) is 63.9 Å². The summed E-state index contributed by atoms with van der Waals surface area (Å²) in [5.74, 6) is 1.34. The smallest absolute Gasteiger partial charge is 0.303 e. The molecule has 184 valence electrons. The summed E-state index contributed by atoms with van der Waals surface area (Å²) in [7, 11) is 0. The maximum atomic E-state index is 11.5. The van der Waals surface area contributed by atoms with Crippen molar-refractivity contribution in [2.75, 3.05) is 0 Å². The Bertz CT molecular complexity index is 822. The maximum Gasteiger partial charge on any atom is 0.303 e. The monoisotopic (exact) mass is 454 g/mol. The Labute approximate surface area is 201 Å². The zero-order valence-corrected chi connectivity index (χ0v) is 21.5. The molecule has 4 aliphatic carbocycles. The lowest BCUT2D eigenvalue weighted by Gasteiger charge is -2.45. The van der Waals surface area contributed by atoms with Crippen LogP contribution in [-0.2, 0) is 9.53 Å². The molecule has 0 bridgehead atoms. The van der Waals surface area contributed by atoms with Crippen molar-refractivity contribution in [3.8, 4) is 0 Å². The van der Waals surface area contributed by atoms with E-state index in [9.17, 15) is 9.90 Å². The van der Waals surface area contributed by atoms with Gasteiger partial charge in [0.05, 0.1) is 5.60 Å². The van der Waals surface area contributed by atoms with Gasteiger partial charge in [-0.3, -0.25) is 4.79 Å². The number of allylic oxidation sites excluding steroid dienone is 3. The third-order valence-corrected chi connectivity index (χ3v) is 9.58. The first-order valence-corrected chi connectivity index (χ1v) is 13.5. The quantitative estimate of drug-likeness (QED) is 0.406. The van der Waals surface area contributed by atoms with Crippen LogP contribution in [0, 0.1) is 22.7 Å². The van der Waals surface area contributed by atoms with Gasteiger partial charge in [0.1, 0.15) is 6.10 Å². The average molecular weight is 455 g/mol. The molecule has 4 rings (SSSR count). The molecule has 0 amide bonds. The summed E-state index contributed by atoms with van der Waals surface area (Å²) in [5.41, 5.74) is 4.35. The number of esters is 1. The molecule has 3 nitrogen and oxygen atoms in total. The Morgan fingerprint density at radius 2 is 1.91 bits per heavy atom. The fourth-order valence-corrected chi connectivity index (χ4v) is 7.80. The van der Waals surface area contributed by atoms with Crippen LogP contribution in [0.15, 0.2) is 35.5 Å². The molecule has 4 saturated carbocycles. The van der Waals surface area contributed by atoms with Gasteiger partial charge in [-0.1, -0.05) is 37.6 Å². The number of carbonyl (C=O) groups is 1. The lowest BCUT2D eigenvalue weighted by atomic mass is 9.59. The molecule has 0 aromatic rings. The molecule has 3 heteroatoms. The number of hydrogen-bond donors (Lipinski definition) is 1. The predicted molar refractivity (Wildman–Crippen MR) is 135 cm³/mol. The fraction of sp³-hybridized carbons (Fsp3) is 0.767. The lowest BCUT2D eigenvalue weighted by molar-refractivity contribution is -0.145. The van der Waals surface area contributed by atoms with E-state index in [2.05, 4.69) is 25.7 Å². The van der Waals surface area contributed by atoms with Crippen LogP contribution in [-0.4, -0.2) is 22.8 Å². The number of ether oxygens (including phenoxy) is 1. The number of aliphatic hydroxyl groups is 1. The Kier molecular flexibility index (Phi) is 7.03. The van der Waals surface area contributed by atoms with Crippen molar-refractivity contribution in [2.45, 2.75) is 123 Å². The number of hydrogen-bond acceptors (Lipinski definition) is 3. The molecule has 0 aliphatic heterocycles. The highest BCUT2D eigenvalue weighted by atomic mass is 16.5. The molecular formula is C30H46O3. The summed E-state index contributed by atoms with van der Waals surface area (Å²) in [4.78, 5) is 11.5. The molecule has 4 aliphatic rings. The molecule has 4 fully saturated rings. The summed E-state index contributed by atoms with van der Waals surface area (Å²) >= 11 is 0. The highest BCUT2D eigenvalue weighted by molar-refractivity contribution is 5.66. The minimum absolute atomic E-state index is 0.146. The molecule has 0 saturated heterocycles. The highest BCUT2D eigenvalue weighted by Crippen LogP contribution is 2.70. The topological polar surface area (TPSA) is 46.5 Å². The van der Waals surface area contributed by atoms with E-state index in [-0.39, 0.29) is 12.1 Å². The maximum absolute atomic E-state index is 11.5. The van der Waals surface area contributed by atoms with E-state index in [0.29, 0.717) is 16.7 Å². The van der Waals surface area contributed by atoms with Gasteiger partial charge in [-0.15, -0.1) is 0 Å². The Balaban J connectivity index is 1.46. The minimum Gasteiger partial charge on any atom is -0.458 e. The number of rotatable bonds is 7. The van der Waals surface area contributed by atoms with Crippen LogP contribution >= 0.6 is 0 Å². The summed E-state index contributed by atoms with van der Waals surface area (Å²) in [6.07, 6.45) is 20.3. The van der Waals surface area contributed by atoms with Crippen LogP contribution in [0.1, 0.15) is 111 Å². The Hall–Kier alpha value is -1.35. The molecule has 0 aromatic carbocycles. The first kappa shape index (κ1) is 24.8. The van der Waals surface area contributed by atoms with Gasteiger partial charge in [0, 0.05) is 6.92 Å². The van der Waals surface area contributed by atoms with E-state index < -0.39 is 5.60 Å². The molecular weight excluding hydrogens is 408 g/mol. The molecule has 2 unspecified atom stereocenters. The minimum atomic E-state index is -0.538. The first-order valence-electron chi connectivity index (χ1n) is 13.5. The molecule has 4 atom stereocenters. The van der Waals surface area contributed by atoms with E-state index in [4.69, 9.17) is 4.74 Å². The van der Waals surface area contributed by atoms with Crippen molar-refractivity contribution in [3.63, 3.8) is 0 Å². The van der Waals surface area contributed by atoms with Crippen LogP contribution in [0.3, 0.4) is 0 Å². The largest absolute Gasteiger partial charge is 0.458 e. The normalized spacial score (nSPS) is 36.2. The zero-order chi connectivity index (χ0) is 23.9. The van der Waals surface area contributed by atoms with Crippen LogP contribution in [0.5, 0.6) is 0 Å². The predicted octanol–water partition coefficient (Wildman–Crippen LogP) is 7.45. The van der Waals surface area contributed by atoms with E-state index in [1.807, 2.05) is 13.8 Å². The van der Waals surface area contributed by atoms with Gasteiger partial charge < -0.3 is 9.84 Å². The summed E-state index contributed by atoms with van der Waals surface area (Å²) in [5, 5.41) is 10.2. The SMILES string of the molecule is C=C1/C(=C\C=C2/CCC[C@@]3(C)C2CCC3C2(CCCC(C)(C)O)CC2)CCC[C@@H]1OC(C)=O. The van der Waals surface area contributed by atoms with Crippen LogP contribution in [0.25, 0.3) is 0 Å². The van der Waals surface area contributed by atoms with Crippen LogP contribution in [0.2, 0.25) is 0 Å². The molecule has 0 spiro atoms. The fourth-order valence-electron chi connectivity index (χ4n) is 7.80. The third-order valence-electron chi connectivity index (χ3n) is 9.58. The van der Waals surface area contributed by atoms with E-state index in [1.54, 1.807) is 5.57 Å². The summed E-state index contributed by atoms with van der Waals surface area (Å²) in [6.45, 7) is 12.3. The Morgan fingerprint density at radius 1 is 1.15 bits per heavy atom. The van der Waals surface area contributed by atoms with Crippen molar-refractivity contribution < 1.29 is 14.6 Å². The van der Waals surface area contributed by atoms with Gasteiger partial charge in [0.15, 0.2) is 0 Å². The zero-order valence-electron chi connectivity index (χ0n) is 21.5. The van der Waals surface area contributed by atoms with Crippen LogP contribution < -0.4 is 0 Å². The van der Waals surface area contributed by atoms with Gasteiger partial charge in [-0.25, -0.2) is 0 Å². The average Bonchev–Trinajstić information content (AvgIpc) is 3.40. The second kappa shape index (κ2) is 9.36. The van der Waals surface area contributed by atoms with E-state index in [0.717, 1.165) is 43.6 Å². The van der Waals surface area contributed by atoms with E-state index >= 15 is 0 Å². The van der Waals surface area contributed by atoms with Gasteiger partial charge in [-0.2, -0.15) is 0 Å². The molecule has 0 radical (unpaired) electrons. The van der Waals surface area contributed by atoms with Crippen molar-refractivity contribution in [3.05, 3.63) is 35.5 Å². The first-order chi connectivity index (χ1) is 15.5. The molecule has 0 heterocycles. The Morgan fingerprint density at radius 3 is 2.58 bits per heavy atom. The second-order valence-corrected chi connectivity index (χ2v) is 12.5. The van der Waals surface area contributed by atoms with Crippen molar-refractivity contribution >= 4 is 5.97 Å². The van der Waals surface area contributed by atoms with Crippen molar-refractivity contribution in [1.29, 1.82) is 0 Å². The standard InChI is InChI=1S/C30H46O3/c1-21-23(9-6-11-26(21)33-22(2)31)12-13-24-10-7-17-29(5)25(24)14-15-27(29)30(19-20-30)18-8-16-28(3,4)32/h12-13,25-27,32H,1,6-11,14-20H2,2-5H3/b23-12-,24-13+/t25?,26-,27?,29-/m0/s1.